The van der Waals surface area contributed by atoms with Crippen LogP contribution in [-0.2, 0) is 4.79 Å². The molecule has 138 valence electrons. The van der Waals surface area contributed by atoms with E-state index in [1.165, 1.54) is 12.1 Å². The van der Waals surface area contributed by atoms with E-state index in [-0.39, 0.29) is 37.0 Å². The highest BCUT2D eigenvalue weighted by molar-refractivity contribution is 6.03. The fraction of sp³-hybridized carbons (Fsp3) is 0.368. The zero-order valence-corrected chi connectivity index (χ0v) is 13.9. The molecule has 2 aliphatic rings. The fourth-order valence-corrected chi connectivity index (χ4v) is 2.94. The van der Waals surface area contributed by atoms with Gasteiger partial charge >= 0.3 is 6.18 Å². The summed E-state index contributed by atoms with van der Waals surface area (Å²) in [4.78, 5) is 24.5. The molecule has 4 nitrogen and oxygen atoms in total. The number of ketones is 2. The Morgan fingerprint density at radius 2 is 1.69 bits per heavy atom. The highest BCUT2D eigenvalue weighted by Gasteiger charge is 2.37. The van der Waals surface area contributed by atoms with E-state index in [2.05, 4.69) is 0 Å². The van der Waals surface area contributed by atoms with Crippen molar-refractivity contribution in [3.8, 4) is 11.5 Å². The molecule has 0 bridgehead atoms. The standard InChI is InChI=1S/C19H17F3O4/c20-19(21,22)14-4-2-1-3-13(14)16(24)7-6-15(23)12-5-8-17-18(11-12)26-10-9-25-17/h1,3,5,8,11H,2,4,6-7,9-10H2. The molecule has 1 aromatic rings. The molecule has 0 radical (unpaired) electrons. The maximum absolute atomic E-state index is 13.0. The number of halogens is 3. The lowest BCUT2D eigenvalue weighted by molar-refractivity contribution is -0.117. The summed E-state index contributed by atoms with van der Waals surface area (Å²) in [5, 5.41) is 0. The Hall–Kier alpha value is -2.57. The number of allylic oxidation sites excluding steroid dienone is 4. The van der Waals surface area contributed by atoms with Gasteiger partial charge in [-0.15, -0.1) is 0 Å². The van der Waals surface area contributed by atoms with E-state index in [1.54, 1.807) is 18.2 Å². The van der Waals surface area contributed by atoms with Crippen molar-refractivity contribution in [1.29, 1.82) is 0 Å². The van der Waals surface area contributed by atoms with Gasteiger partial charge < -0.3 is 9.47 Å². The highest BCUT2D eigenvalue weighted by atomic mass is 19.4. The number of carbonyl (C=O) groups is 2. The molecule has 0 atom stereocenters. The molecule has 1 aliphatic carbocycles. The van der Waals surface area contributed by atoms with Crippen LogP contribution in [0.1, 0.15) is 36.0 Å². The van der Waals surface area contributed by atoms with Gasteiger partial charge in [0.15, 0.2) is 23.1 Å². The Balaban J connectivity index is 1.68. The molecule has 26 heavy (non-hydrogen) atoms. The Labute approximate surface area is 148 Å². The van der Waals surface area contributed by atoms with Crippen LogP contribution in [0.2, 0.25) is 0 Å². The molecule has 3 rings (SSSR count). The molecule has 0 amide bonds. The first-order valence-corrected chi connectivity index (χ1v) is 8.29. The molecule has 1 aromatic carbocycles. The van der Waals surface area contributed by atoms with Crippen LogP contribution in [0.3, 0.4) is 0 Å². The quantitative estimate of drug-likeness (QED) is 0.733. The molecule has 0 N–H and O–H groups in total. The zero-order valence-electron chi connectivity index (χ0n) is 13.9. The van der Waals surface area contributed by atoms with Crippen LogP contribution >= 0.6 is 0 Å². The van der Waals surface area contributed by atoms with Crippen molar-refractivity contribution in [2.75, 3.05) is 13.2 Å². The summed E-state index contributed by atoms with van der Waals surface area (Å²) in [6, 6.07) is 4.70. The van der Waals surface area contributed by atoms with Crippen LogP contribution in [0.5, 0.6) is 11.5 Å². The predicted octanol–water partition coefficient (Wildman–Crippen LogP) is 4.20. The molecule has 0 aromatic heterocycles. The topological polar surface area (TPSA) is 52.6 Å². The van der Waals surface area contributed by atoms with Crippen LogP contribution in [0, 0.1) is 0 Å². The molecule has 1 heterocycles. The van der Waals surface area contributed by atoms with Gasteiger partial charge in [-0.1, -0.05) is 12.2 Å². The van der Waals surface area contributed by atoms with Gasteiger partial charge in [-0.2, -0.15) is 13.2 Å². The van der Waals surface area contributed by atoms with Crippen LogP contribution in [0.25, 0.3) is 0 Å². The van der Waals surface area contributed by atoms with E-state index in [4.69, 9.17) is 9.47 Å². The van der Waals surface area contributed by atoms with Crippen LogP contribution in [-0.4, -0.2) is 31.0 Å². The molecular formula is C19H17F3O4. The number of hydrogen-bond donors (Lipinski definition) is 0. The lowest BCUT2D eigenvalue weighted by Gasteiger charge is -2.19. The minimum atomic E-state index is -4.53. The van der Waals surface area contributed by atoms with Crippen molar-refractivity contribution in [1.82, 2.24) is 0 Å². The van der Waals surface area contributed by atoms with E-state index in [0.29, 0.717) is 30.3 Å². The molecule has 1 aliphatic heterocycles. The average molecular weight is 366 g/mol. The van der Waals surface area contributed by atoms with E-state index in [9.17, 15) is 22.8 Å². The predicted molar refractivity (Wildman–Crippen MR) is 87.5 cm³/mol. The van der Waals surface area contributed by atoms with Gasteiger partial charge in [-0.25, -0.2) is 0 Å². The third kappa shape index (κ3) is 3.98. The van der Waals surface area contributed by atoms with Gasteiger partial charge in [0.25, 0.3) is 0 Å². The number of benzene rings is 1. The number of carbonyl (C=O) groups excluding carboxylic acids is 2. The lowest BCUT2D eigenvalue weighted by Crippen LogP contribution is -2.19. The Bertz CT molecular complexity index is 790. The summed E-state index contributed by atoms with van der Waals surface area (Å²) in [6.45, 7) is 0.808. The number of rotatable bonds is 5. The van der Waals surface area contributed by atoms with Crippen molar-refractivity contribution in [3.63, 3.8) is 0 Å². The highest BCUT2D eigenvalue weighted by Crippen LogP contribution is 2.35. The third-order valence-corrected chi connectivity index (χ3v) is 4.26. The maximum atomic E-state index is 13.0. The summed E-state index contributed by atoms with van der Waals surface area (Å²) in [5.41, 5.74) is -0.804. The van der Waals surface area contributed by atoms with E-state index >= 15 is 0 Å². The number of Topliss-reactive ketones (excluding diaryl/α,β-unsaturated/α-hetero) is 2. The van der Waals surface area contributed by atoms with Crippen molar-refractivity contribution in [2.45, 2.75) is 31.9 Å². The van der Waals surface area contributed by atoms with E-state index < -0.39 is 17.5 Å². The maximum Gasteiger partial charge on any atom is 0.413 e. The number of hydrogen-bond acceptors (Lipinski definition) is 4. The molecule has 7 heteroatoms. The second-order valence-corrected chi connectivity index (χ2v) is 6.04. The van der Waals surface area contributed by atoms with E-state index in [1.807, 2.05) is 0 Å². The third-order valence-electron chi connectivity index (χ3n) is 4.26. The van der Waals surface area contributed by atoms with Gasteiger partial charge in [0, 0.05) is 29.6 Å². The summed E-state index contributed by atoms with van der Waals surface area (Å²) in [7, 11) is 0. The molecule has 0 unspecified atom stereocenters. The number of fused-ring (bicyclic) bond motifs is 1. The molecule has 0 spiro atoms. The molecule has 0 saturated heterocycles. The molecule has 0 saturated carbocycles. The fourth-order valence-electron chi connectivity index (χ4n) is 2.94. The van der Waals surface area contributed by atoms with Gasteiger partial charge in [0.1, 0.15) is 13.2 Å². The Kier molecular flexibility index (Phi) is 5.15. The summed E-state index contributed by atoms with van der Waals surface area (Å²) >= 11 is 0. The molecular weight excluding hydrogens is 349 g/mol. The first-order valence-electron chi connectivity index (χ1n) is 8.29. The van der Waals surface area contributed by atoms with Gasteiger partial charge in [-0.3, -0.25) is 9.59 Å². The summed E-state index contributed by atoms with van der Waals surface area (Å²) < 4.78 is 49.9. The van der Waals surface area contributed by atoms with Crippen LogP contribution in [0.15, 0.2) is 41.5 Å². The van der Waals surface area contributed by atoms with Gasteiger partial charge in [-0.05, 0) is 31.0 Å². The summed E-state index contributed by atoms with van der Waals surface area (Å²) in [6.07, 6.45) is -2.17. The van der Waals surface area contributed by atoms with Crippen molar-refractivity contribution in [3.05, 3.63) is 47.1 Å². The molecule has 0 fully saturated rings. The minimum Gasteiger partial charge on any atom is -0.486 e. The van der Waals surface area contributed by atoms with Gasteiger partial charge in [0.05, 0.1) is 0 Å². The lowest BCUT2D eigenvalue weighted by atomic mass is 9.91. The number of ether oxygens (including phenoxy) is 2. The van der Waals surface area contributed by atoms with Crippen molar-refractivity contribution in [2.24, 2.45) is 0 Å². The second-order valence-electron chi connectivity index (χ2n) is 6.04. The Morgan fingerprint density at radius 1 is 1.00 bits per heavy atom. The monoisotopic (exact) mass is 366 g/mol. The SMILES string of the molecule is O=C(CCC(=O)c1ccc2c(c1)OCCO2)C1=C(C(F)(F)F)CCC=C1. The second kappa shape index (κ2) is 7.35. The Morgan fingerprint density at radius 3 is 2.42 bits per heavy atom. The smallest absolute Gasteiger partial charge is 0.413 e. The van der Waals surface area contributed by atoms with Crippen molar-refractivity contribution >= 4 is 11.6 Å². The largest absolute Gasteiger partial charge is 0.486 e. The van der Waals surface area contributed by atoms with Gasteiger partial charge in [0.2, 0.25) is 0 Å². The first kappa shape index (κ1) is 18.2. The van der Waals surface area contributed by atoms with Crippen LogP contribution < -0.4 is 9.47 Å². The number of alkyl halides is 3. The summed E-state index contributed by atoms with van der Waals surface area (Å²) in [5.74, 6) is -0.00894. The van der Waals surface area contributed by atoms with Crippen LogP contribution in [0.4, 0.5) is 13.2 Å². The van der Waals surface area contributed by atoms with E-state index in [0.717, 1.165) is 0 Å². The first-order chi connectivity index (χ1) is 12.4. The normalized spacial score (nSPS) is 16.6. The van der Waals surface area contributed by atoms with Crippen molar-refractivity contribution < 1.29 is 32.2 Å². The minimum absolute atomic E-state index is 0.166. The zero-order chi connectivity index (χ0) is 18.7. The average Bonchev–Trinajstić information content (AvgIpc) is 2.64.